The summed E-state index contributed by atoms with van der Waals surface area (Å²) in [6.45, 7) is 6.93. The largest absolute Gasteiger partial charge is 0.490 e. The highest BCUT2D eigenvalue weighted by Gasteiger charge is 2.10. The predicted molar refractivity (Wildman–Crippen MR) is 108 cm³/mol. The second-order valence-corrected chi connectivity index (χ2v) is 5.97. The van der Waals surface area contributed by atoms with Crippen LogP contribution in [0.2, 0.25) is 0 Å². The van der Waals surface area contributed by atoms with E-state index in [1.807, 2.05) is 38.1 Å². The van der Waals surface area contributed by atoms with Gasteiger partial charge in [0.05, 0.1) is 12.8 Å². The minimum Gasteiger partial charge on any atom is -0.490 e. The van der Waals surface area contributed by atoms with Crippen molar-refractivity contribution in [1.82, 2.24) is 10.7 Å². The number of likely N-dealkylation sites (N-methyl/N-ethyl adjacent to an activating group) is 1. The van der Waals surface area contributed by atoms with Gasteiger partial charge in [0.25, 0.3) is 0 Å². The lowest BCUT2D eigenvalue weighted by Gasteiger charge is -2.12. The fourth-order valence-corrected chi connectivity index (χ4v) is 2.29. The fraction of sp³-hybridized carbons (Fsp3) is 0.286. The maximum Gasteiger partial charge on any atom is 0.329 e. The van der Waals surface area contributed by atoms with E-state index >= 15 is 0 Å². The Morgan fingerprint density at radius 2 is 1.75 bits per heavy atom. The van der Waals surface area contributed by atoms with E-state index in [2.05, 4.69) is 15.8 Å². The van der Waals surface area contributed by atoms with Gasteiger partial charge in [0.2, 0.25) is 0 Å². The van der Waals surface area contributed by atoms with Crippen molar-refractivity contribution in [2.75, 3.05) is 13.2 Å². The number of carbonyl (C=O) groups excluding carboxylic acids is 2. The monoisotopic (exact) mass is 383 g/mol. The van der Waals surface area contributed by atoms with Crippen molar-refractivity contribution in [1.29, 1.82) is 0 Å². The van der Waals surface area contributed by atoms with Crippen molar-refractivity contribution in [3.05, 3.63) is 59.2 Å². The average molecular weight is 383 g/mol. The minimum atomic E-state index is -0.818. The van der Waals surface area contributed by atoms with Crippen LogP contribution in [0.15, 0.2) is 47.6 Å². The highest BCUT2D eigenvalue weighted by molar-refractivity contribution is 6.35. The zero-order valence-electron chi connectivity index (χ0n) is 16.3. The van der Waals surface area contributed by atoms with Crippen LogP contribution in [0.3, 0.4) is 0 Å². The normalized spacial score (nSPS) is 10.5. The quantitative estimate of drug-likeness (QED) is 0.417. The summed E-state index contributed by atoms with van der Waals surface area (Å²) in [6.07, 6.45) is 1.43. The van der Waals surface area contributed by atoms with Crippen LogP contribution in [0.25, 0.3) is 0 Å². The highest BCUT2D eigenvalue weighted by atomic mass is 16.5. The van der Waals surface area contributed by atoms with Gasteiger partial charge in [-0.3, -0.25) is 9.59 Å². The molecule has 2 amide bonds. The van der Waals surface area contributed by atoms with E-state index in [9.17, 15) is 9.59 Å². The van der Waals surface area contributed by atoms with Crippen molar-refractivity contribution in [2.45, 2.75) is 27.4 Å². The third kappa shape index (κ3) is 6.42. The van der Waals surface area contributed by atoms with Crippen LogP contribution in [0.1, 0.15) is 30.5 Å². The molecule has 0 unspecified atom stereocenters. The Balaban J connectivity index is 2.02. The summed E-state index contributed by atoms with van der Waals surface area (Å²) in [5.74, 6) is -0.352. The van der Waals surface area contributed by atoms with E-state index in [1.54, 1.807) is 25.1 Å². The van der Waals surface area contributed by atoms with Gasteiger partial charge in [0, 0.05) is 6.54 Å². The van der Waals surface area contributed by atoms with Crippen LogP contribution >= 0.6 is 0 Å². The average Bonchev–Trinajstić information content (AvgIpc) is 2.69. The molecule has 0 aliphatic heterocycles. The van der Waals surface area contributed by atoms with Crippen LogP contribution in [0, 0.1) is 6.92 Å². The van der Waals surface area contributed by atoms with Crippen molar-refractivity contribution in [3.63, 3.8) is 0 Å². The molecule has 0 saturated carbocycles. The van der Waals surface area contributed by atoms with E-state index in [1.165, 1.54) is 11.8 Å². The molecule has 0 bridgehead atoms. The van der Waals surface area contributed by atoms with E-state index in [0.29, 0.717) is 36.8 Å². The molecule has 148 valence electrons. The minimum absolute atomic E-state index is 0.373. The number of rotatable bonds is 8. The number of hydrazone groups is 1. The Labute approximate surface area is 164 Å². The standard InChI is InChI=1S/C21H25N3O4/c1-4-22-20(25)21(26)24-23-13-17-10-11-18(19(12-17)27-5-2)28-14-16-8-6-15(3)7-9-16/h6-13H,4-5,14H2,1-3H3,(H,22,25)(H,24,26)/b23-13-. The van der Waals surface area contributed by atoms with Gasteiger partial charge in [-0.1, -0.05) is 29.8 Å². The molecular formula is C21H25N3O4. The Morgan fingerprint density at radius 3 is 2.43 bits per heavy atom. The molecule has 0 radical (unpaired) electrons. The van der Waals surface area contributed by atoms with Crippen LogP contribution in [-0.2, 0) is 16.2 Å². The summed E-state index contributed by atoms with van der Waals surface area (Å²) in [5.41, 5.74) is 5.13. The lowest BCUT2D eigenvalue weighted by Crippen LogP contribution is -2.37. The maximum absolute atomic E-state index is 11.5. The Hall–Kier alpha value is -3.35. The molecule has 2 aromatic rings. The summed E-state index contributed by atoms with van der Waals surface area (Å²) in [5, 5.41) is 6.19. The topological polar surface area (TPSA) is 89.0 Å². The predicted octanol–water partition coefficient (Wildman–Crippen LogP) is 2.56. The van der Waals surface area contributed by atoms with Crippen molar-refractivity contribution in [2.24, 2.45) is 5.10 Å². The molecule has 2 rings (SSSR count). The Bertz CT molecular complexity index is 832. The van der Waals surface area contributed by atoms with E-state index in [-0.39, 0.29) is 0 Å². The Kier molecular flexibility index (Phi) is 8.02. The van der Waals surface area contributed by atoms with Gasteiger partial charge in [0.15, 0.2) is 11.5 Å². The molecule has 0 aliphatic rings. The van der Waals surface area contributed by atoms with Crippen molar-refractivity contribution < 1.29 is 19.1 Å². The fourth-order valence-electron chi connectivity index (χ4n) is 2.29. The molecule has 0 fully saturated rings. The van der Waals surface area contributed by atoms with Gasteiger partial charge in [-0.2, -0.15) is 5.10 Å². The summed E-state index contributed by atoms with van der Waals surface area (Å²) in [4.78, 5) is 22.8. The molecule has 0 heterocycles. The maximum atomic E-state index is 11.5. The van der Waals surface area contributed by atoms with E-state index in [4.69, 9.17) is 9.47 Å². The number of benzene rings is 2. The van der Waals surface area contributed by atoms with Crippen LogP contribution in [0.4, 0.5) is 0 Å². The van der Waals surface area contributed by atoms with E-state index < -0.39 is 11.8 Å². The van der Waals surface area contributed by atoms with Gasteiger partial charge >= 0.3 is 11.8 Å². The Morgan fingerprint density at radius 1 is 1.00 bits per heavy atom. The number of hydrogen-bond donors (Lipinski definition) is 2. The molecule has 0 aromatic heterocycles. The molecule has 0 aliphatic carbocycles. The second-order valence-electron chi connectivity index (χ2n) is 5.97. The highest BCUT2D eigenvalue weighted by Crippen LogP contribution is 2.28. The number of ether oxygens (including phenoxy) is 2. The molecule has 7 heteroatoms. The van der Waals surface area contributed by atoms with E-state index in [0.717, 1.165) is 5.56 Å². The third-order valence-corrected chi connectivity index (χ3v) is 3.71. The summed E-state index contributed by atoms with van der Waals surface area (Å²) in [6, 6.07) is 13.5. The van der Waals surface area contributed by atoms with Gasteiger partial charge in [0.1, 0.15) is 6.61 Å². The first-order valence-corrected chi connectivity index (χ1v) is 9.10. The number of carbonyl (C=O) groups is 2. The lowest BCUT2D eigenvalue weighted by atomic mass is 10.2. The van der Waals surface area contributed by atoms with Crippen molar-refractivity contribution in [3.8, 4) is 11.5 Å². The number of aryl methyl sites for hydroxylation is 1. The number of nitrogens with one attached hydrogen (secondary N) is 2. The van der Waals surface area contributed by atoms with Gasteiger partial charge in [-0.25, -0.2) is 5.43 Å². The van der Waals surface area contributed by atoms with Gasteiger partial charge in [-0.15, -0.1) is 0 Å². The van der Waals surface area contributed by atoms with Crippen LogP contribution < -0.4 is 20.2 Å². The van der Waals surface area contributed by atoms with Gasteiger partial charge in [-0.05, 0) is 50.1 Å². The first kappa shape index (κ1) is 21.0. The first-order valence-electron chi connectivity index (χ1n) is 9.10. The summed E-state index contributed by atoms with van der Waals surface area (Å²) < 4.78 is 11.5. The van der Waals surface area contributed by atoms with Crippen LogP contribution in [0.5, 0.6) is 11.5 Å². The molecule has 0 spiro atoms. The molecule has 2 N–H and O–H groups in total. The molecular weight excluding hydrogens is 358 g/mol. The zero-order valence-corrected chi connectivity index (χ0v) is 16.3. The first-order chi connectivity index (χ1) is 13.5. The molecule has 0 saturated heterocycles. The smallest absolute Gasteiger partial charge is 0.329 e. The van der Waals surface area contributed by atoms with Crippen molar-refractivity contribution >= 4 is 18.0 Å². The number of nitrogens with zero attached hydrogens (tertiary/aromatic N) is 1. The zero-order chi connectivity index (χ0) is 20.4. The summed E-state index contributed by atoms with van der Waals surface area (Å²) in [7, 11) is 0. The van der Waals surface area contributed by atoms with Crippen LogP contribution in [-0.4, -0.2) is 31.2 Å². The molecule has 2 aromatic carbocycles. The molecule has 0 atom stereocenters. The third-order valence-electron chi connectivity index (χ3n) is 3.71. The number of amides is 2. The summed E-state index contributed by atoms with van der Waals surface area (Å²) >= 11 is 0. The second kappa shape index (κ2) is 10.7. The number of hydrogen-bond acceptors (Lipinski definition) is 5. The lowest BCUT2D eigenvalue weighted by molar-refractivity contribution is -0.139. The van der Waals surface area contributed by atoms with Gasteiger partial charge < -0.3 is 14.8 Å². The SMILES string of the molecule is CCNC(=O)C(=O)N/N=C\c1ccc(OCc2ccc(C)cc2)c(OCC)c1. The molecule has 28 heavy (non-hydrogen) atoms. The molecule has 7 nitrogen and oxygen atoms in total.